The van der Waals surface area contributed by atoms with Gasteiger partial charge in [0.25, 0.3) is 0 Å². The van der Waals surface area contributed by atoms with Crippen LogP contribution < -0.4 is 5.32 Å². The van der Waals surface area contributed by atoms with Gasteiger partial charge in [0.2, 0.25) is 0 Å². The summed E-state index contributed by atoms with van der Waals surface area (Å²) < 4.78 is 53.2. The molecule has 29 heavy (non-hydrogen) atoms. The fourth-order valence-electron chi connectivity index (χ4n) is 2.13. The van der Waals surface area contributed by atoms with E-state index in [2.05, 4.69) is 11.3 Å². The molecule has 0 radical (unpaired) electrons. The molecule has 7 nitrogen and oxygen atoms in total. The highest BCUT2D eigenvalue weighted by atomic mass is 19.4. The number of carbonyl (C=O) groups is 3. The fraction of sp³-hybridized carbons (Fsp3) is 0.632. The van der Waals surface area contributed by atoms with Gasteiger partial charge in [0.1, 0.15) is 17.7 Å². The number of hydrogen-bond donors (Lipinski definition) is 1. The Bertz CT molecular complexity index is 624. The first-order valence-corrected chi connectivity index (χ1v) is 8.89. The SMILES string of the molecule is C=CC(C)C(C/C=C/COC(=O)OCC)(NC(=O)C(F)(F)F)C(=O)OC(C)(C)C. The Labute approximate surface area is 168 Å². The Morgan fingerprint density at radius 1 is 1.10 bits per heavy atom. The smallest absolute Gasteiger partial charge is 0.458 e. The van der Waals surface area contributed by atoms with E-state index in [4.69, 9.17) is 9.47 Å². The van der Waals surface area contributed by atoms with Crippen LogP contribution in [0.3, 0.4) is 0 Å². The lowest BCUT2D eigenvalue weighted by atomic mass is 9.81. The van der Waals surface area contributed by atoms with Crippen molar-refractivity contribution >= 4 is 18.0 Å². The Hall–Kier alpha value is -2.52. The highest BCUT2D eigenvalue weighted by Gasteiger charge is 2.50. The van der Waals surface area contributed by atoms with Crippen molar-refractivity contribution in [1.29, 1.82) is 0 Å². The predicted molar refractivity (Wildman–Crippen MR) is 98.9 cm³/mol. The second-order valence-corrected chi connectivity index (χ2v) is 7.12. The van der Waals surface area contributed by atoms with Crippen LogP contribution in [0, 0.1) is 5.92 Å². The molecule has 0 saturated heterocycles. The summed E-state index contributed by atoms with van der Waals surface area (Å²) >= 11 is 0. The average molecular weight is 423 g/mol. The van der Waals surface area contributed by atoms with Crippen molar-refractivity contribution in [3.8, 4) is 0 Å². The highest BCUT2D eigenvalue weighted by molar-refractivity contribution is 5.91. The minimum atomic E-state index is -5.20. The molecule has 1 N–H and O–H groups in total. The van der Waals surface area contributed by atoms with Gasteiger partial charge in [-0.25, -0.2) is 9.59 Å². The quantitative estimate of drug-likeness (QED) is 0.449. The summed E-state index contributed by atoms with van der Waals surface area (Å²) in [5.41, 5.74) is -3.08. The molecule has 0 aliphatic carbocycles. The molecule has 166 valence electrons. The van der Waals surface area contributed by atoms with Crippen molar-refractivity contribution in [2.24, 2.45) is 5.92 Å². The van der Waals surface area contributed by atoms with Crippen LogP contribution in [0.25, 0.3) is 0 Å². The molecule has 0 aromatic carbocycles. The van der Waals surface area contributed by atoms with E-state index in [1.165, 1.54) is 25.2 Å². The van der Waals surface area contributed by atoms with Crippen molar-refractivity contribution < 1.29 is 41.8 Å². The van der Waals surface area contributed by atoms with Crippen LogP contribution >= 0.6 is 0 Å². The number of hydrogen-bond acceptors (Lipinski definition) is 6. The molecule has 0 saturated carbocycles. The summed E-state index contributed by atoms with van der Waals surface area (Å²) in [6.45, 7) is 11.0. The van der Waals surface area contributed by atoms with Crippen LogP contribution in [0.5, 0.6) is 0 Å². The molecule has 0 heterocycles. The van der Waals surface area contributed by atoms with E-state index < -0.39 is 41.3 Å². The lowest BCUT2D eigenvalue weighted by molar-refractivity contribution is -0.182. The van der Waals surface area contributed by atoms with E-state index >= 15 is 0 Å². The average Bonchev–Trinajstić information content (AvgIpc) is 2.57. The summed E-state index contributed by atoms with van der Waals surface area (Å²) in [7, 11) is 0. The zero-order chi connectivity index (χ0) is 22.9. The van der Waals surface area contributed by atoms with Crippen LogP contribution in [0.2, 0.25) is 0 Å². The maximum Gasteiger partial charge on any atom is 0.508 e. The molecule has 0 aliphatic heterocycles. The number of nitrogens with one attached hydrogen (secondary N) is 1. The number of amides is 1. The Morgan fingerprint density at radius 2 is 1.69 bits per heavy atom. The topological polar surface area (TPSA) is 90.9 Å². The minimum Gasteiger partial charge on any atom is -0.458 e. The van der Waals surface area contributed by atoms with Crippen LogP contribution in [0.15, 0.2) is 24.8 Å². The second-order valence-electron chi connectivity index (χ2n) is 7.12. The standard InChI is InChI=1S/C19H28F3NO6/c1-7-13(3)18(15(25)29-17(4,5)6,23-14(24)19(20,21)22)11-9-10-12-28-16(26)27-8-2/h7,9-10,13H,1,8,11-12H2,2-6H3,(H,23,24)/b10-9+. The maximum absolute atomic E-state index is 12.9. The molecule has 2 unspecified atom stereocenters. The van der Waals surface area contributed by atoms with Gasteiger partial charge in [-0.3, -0.25) is 4.79 Å². The van der Waals surface area contributed by atoms with Gasteiger partial charge in [-0.2, -0.15) is 13.2 Å². The van der Waals surface area contributed by atoms with Crippen molar-refractivity contribution in [2.45, 2.75) is 58.4 Å². The minimum absolute atomic E-state index is 0.116. The summed E-state index contributed by atoms with van der Waals surface area (Å²) in [5.74, 6) is -4.25. The molecule has 0 aliphatic rings. The van der Waals surface area contributed by atoms with Gasteiger partial charge in [0.15, 0.2) is 0 Å². The summed E-state index contributed by atoms with van der Waals surface area (Å²) in [5, 5.41) is 1.77. The molecule has 0 aromatic heterocycles. The maximum atomic E-state index is 12.9. The Morgan fingerprint density at radius 3 is 2.14 bits per heavy atom. The molecule has 2 atom stereocenters. The van der Waals surface area contributed by atoms with Crippen molar-refractivity contribution in [3.05, 3.63) is 24.8 Å². The molecule has 0 fully saturated rings. The van der Waals surface area contributed by atoms with Crippen LogP contribution in [0.1, 0.15) is 41.0 Å². The van der Waals surface area contributed by atoms with Gasteiger partial charge < -0.3 is 19.5 Å². The van der Waals surface area contributed by atoms with Gasteiger partial charge in [0, 0.05) is 5.92 Å². The molecule has 0 aromatic rings. The number of ether oxygens (including phenoxy) is 3. The van der Waals surface area contributed by atoms with Crippen LogP contribution in [-0.4, -0.2) is 48.6 Å². The van der Waals surface area contributed by atoms with Gasteiger partial charge in [-0.1, -0.05) is 25.2 Å². The van der Waals surface area contributed by atoms with E-state index in [0.29, 0.717) is 0 Å². The van der Waals surface area contributed by atoms with E-state index in [0.717, 1.165) is 0 Å². The predicted octanol–water partition coefficient (Wildman–Crippen LogP) is 3.69. The van der Waals surface area contributed by atoms with Gasteiger partial charge in [-0.05, 0) is 34.1 Å². The number of carbonyl (C=O) groups excluding carboxylic acids is 3. The zero-order valence-electron chi connectivity index (χ0n) is 17.2. The van der Waals surface area contributed by atoms with E-state index in [1.807, 2.05) is 0 Å². The third kappa shape index (κ3) is 9.01. The molecule has 10 heteroatoms. The van der Waals surface area contributed by atoms with Crippen LogP contribution in [0.4, 0.5) is 18.0 Å². The van der Waals surface area contributed by atoms with E-state index in [1.54, 1.807) is 33.0 Å². The lowest BCUT2D eigenvalue weighted by Gasteiger charge is -2.38. The third-order valence-corrected chi connectivity index (χ3v) is 3.65. The van der Waals surface area contributed by atoms with E-state index in [9.17, 15) is 27.6 Å². The molecule has 1 amide bonds. The second kappa shape index (κ2) is 10.9. The monoisotopic (exact) mass is 423 g/mol. The summed E-state index contributed by atoms with van der Waals surface area (Å²) in [6.07, 6.45) is -2.62. The van der Waals surface area contributed by atoms with Gasteiger partial charge in [0.05, 0.1) is 6.61 Å². The van der Waals surface area contributed by atoms with Gasteiger partial charge >= 0.3 is 24.2 Å². The largest absolute Gasteiger partial charge is 0.508 e. The molecule has 0 spiro atoms. The summed E-state index contributed by atoms with van der Waals surface area (Å²) in [6, 6.07) is 0. The molecular weight excluding hydrogens is 395 g/mol. The van der Waals surface area contributed by atoms with E-state index in [-0.39, 0.29) is 19.6 Å². The van der Waals surface area contributed by atoms with Crippen LogP contribution in [-0.2, 0) is 23.8 Å². The number of alkyl halides is 3. The Kier molecular flexibility index (Phi) is 9.93. The molecule has 0 rings (SSSR count). The van der Waals surface area contributed by atoms with Crippen molar-refractivity contribution in [1.82, 2.24) is 5.32 Å². The zero-order valence-corrected chi connectivity index (χ0v) is 17.2. The highest BCUT2D eigenvalue weighted by Crippen LogP contribution is 2.29. The first-order valence-electron chi connectivity index (χ1n) is 8.89. The normalized spacial score (nSPS) is 15.2. The van der Waals surface area contributed by atoms with Crippen molar-refractivity contribution in [2.75, 3.05) is 13.2 Å². The number of halogens is 3. The Balaban J connectivity index is 5.73. The van der Waals surface area contributed by atoms with Crippen molar-refractivity contribution in [3.63, 3.8) is 0 Å². The van der Waals surface area contributed by atoms with Gasteiger partial charge in [-0.15, -0.1) is 6.58 Å². The fourth-order valence-corrected chi connectivity index (χ4v) is 2.13. The lowest BCUT2D eigenvalue weighted by Crippen LogP contribution is -2.62. The first kappa shape index (κ1) is 26.5. The molecular formula is C19H28F3NO6. The number of esters is 1. The number of rotatable bonds is 9. The first-order chi connectivity index (χ1) is 13.2. The summed E-state index contributed by atoms with van der Waals surface area (Å²) in [4.78, 5) is 35.6. The third-order valence-electron chi connectivity index (χ3n) is 3.65. The molecule has 0 bridgehead atoms.